The maximum atomic E-state index is 14.5. The number of aromatic nitrogens is 2. The Morgan fingerprint density at radius 3 is 2.46 bits per heavy atom. The van der Waals surface area contributed by atoms with Gasteiger partial charge in [-0.15, -0.1) is 0 Å². The van der Waals surface area contributed by atoms with Crippen LogP contribution >= 0.6 is 0 Å². The quantitative estimate of drug-likeness (QED) is 0.535. The number of anilines is 2. The number of fused-ring (bicyclic) bond motifs is 1. The molecule has 0 amide bonds. The summed E-state index contributed by atoms with van der Waals surface area (Å²) in [6.07, 6.45) is 1.71. The van der Waals surface area contributed by atoms with E-state index in [1.807, 2.05) is 19.9 Å². The Morgan fingerprint density at radius 1 is 1.20 bits per heavy atom. The third-order valence-corrected chi connectivity index (χ3v) is 6.89. The third-order valence-electron chi connectivity index (χ3n) is 6.89. The first-order chi connectivity index (χ1) is 16.4. The maximum absolute atomic E-state index is 14.5. The highest BCUT2D eigenvalue weighted by Crippen LogP contribution is 2.39. The minimum absolute atomic E-state index is 0.0990. The minimum Gasteiger partial charge on any atom is -0.478 e. The monoisotopic (exact) mass is 484 g/mol. The van der Waals surface area contributed by atoms with Gasteiger partial charge in [-0.1, -0.05) is 26.0 Å². The molecule has 1 saturated heterocycles. The molecular weight excluding hydrogens is 454 g/mol. The number of rotatable bonds is 5. The predicted molar refractivity (Wildman–Crippen MR) is 132 cm³/mol. The number of alkyl halides is 2. The van der Waals surface area contributed by atoms with Crippen LogP contribution in [0.5, 0.6) is 0 Å². The summed E-state index contributed by atoms with van der Waals surface area (Å²) < 4.78 is 30.4. The van der Waals surface area contributed by atoms with Crippen LogP contribution in [-0.2, 0) is 0 Å². The summed E-state index contributed by atoms with van der Waals surface area (Å²) in [5, 5.41) is 12.8. The van der Waals surface area contributed by atoms with Crippen molar-refractivity contribution in [3.63, 3.8) is 0 Å². The summed E-state index contributed by atoms with van der Waals surface area (Å²) in [6.45, 7) is 8.64. The molecule has 4 rings (SSSR count). The van der Waals surface area contributed by atoms with Gasteiger partial charge in [0.05, 0.1) is 17.2 Å². The highest BCUT2D eigenvalue weighted by Gasteiger charge is 2.47. The molecule has 0 aliphatic carbocycles. The van der Waals surface area contributed by atoms with E-state index in [4.69, 9.17) is 4.98 Å². The van der Waals surface area contributed by atoms with E-state index in [9.17, 15) is 23.5 Å². The van der Waals surface area contributed by atoms with Crippen molar-refractivity contribution < 1.29 is 18.7 Å². The van der Waals surface area contributed by atoms with E-state index in [2.05, 4.69) is 5.32 Å². The Hall–Kier alpha value is -3.49. The Labute approximate surface area is 202 Å². The average Bonchev–Trinajstić information content (AvgIpc) is 2.80. The summed E-state index contributed by atoms with van der Waals surface area (Å²) in [5.41, 5.74) is 2.67. The zero-order chi connectivity index (χ0) is 25.7. The number of aryl methyl sites for hydroxylation is 1. The molecule has 3 heterocycles. The van der Waals surface area contributed by atoms with Crippen LogP contribution in [0.2, 0.25) is 0 Å². The SMILES string of the molecule is Cc1cc([C@@H](C)Nc2ccccc2C(=O)O)c2nc(N3C[C@H](C)C(F)(F)[C@@H](C)C3)c(C)c(=O)n2c1. The first-order valence-corrected chi connectivity index (χ1v) is 11.7. The van der Waals surface area contributed by atoms with Gasteiger partial charge in [0.15, 0.2) is 0 Å². The van der Waals surface area contributed by atoms with Gasteiger partial charge in [-0.05, 0) is 44.5 Å². The van der Waals surface area contributed by atoms with E-state index in [0.29, 0.717) is 28.3 Å². The van der Waals surface area contributed by atoms with Crippen LogP contribution in [0, 0.1) is 25.7 Å². The van der Waals surface area contributed by atoms with Crippen molar-refractivity contribution in [1.82, 2.24) is 9.38 Å². The number of carboxylic acid groups (broad SMARTS) is 1. The van der Waals surface area contributed by atoms with E-state index in [1.165, 1.54) is 24.3 Å². The van der Waals surface area contributed by atoms with Crippen molar-refractivity contribution in [3.8, 4) is 0 Å². The number of aromatic carboxylic acids is 1. The predicted octanol–water partition coefficient (Wildman–Crippen LogP) is 4.91. The fraction of sp³-hybridized carbons (Fsp3) is 0.423. The second kappa shape index (κ2) is 8.94. The number of nitrogens with zero attached hydrogens (tertiary/aromatic N) is 3. The molecule has 0 unspecified atom stereocenters. The average molecular weight is 485 g/mol. The first kappa shape index (κ1) is 24.6. The van der Waals surface area contributed by atoms with E-state index in [-0.39, 0.29) is 24.2 Å². The number of halogens is 2. The second-order valence-corrected chi connectivity index (χ2v) is 9.63. The highest BCUT2D eigenvalue weighted by atomic mass is 19.3. The number of hydrogen-bond donors (Lipinski definition) is 2. The van der Waals surface area contributed by atoms with Gasteiger partial charge in [0.2, 0.25) is 0 Å². The standard InChI is InChI=1S/C26H30F2N4O3/c1-14-10-20(18(5)29-21-9-7-6-8-19(21)25(34)35)23-30-22(17(4)24(33)32(23)11-14)31-12-15(2)26(27,28)16(3)13-31/h6-11,15-16,18,29H,12-13H2,1-5H3,(H,34,35)/t15-,16-,18+/m0/s1. The van der Waals surface area contributed by atoms with Crippen molar-refractivity contribution in [2.75, 3.05) is 23.3 Å². The maximum Gasteiger partial charge on any atom is 0.337 e. The number of carbonyl (C=O) groups is 1. The molecular formula is C26H30F2N4O3. The van der Waals surface area contributed by atoms with Crippen LogP contribution in [0.1, 0.15) is 53.9 Å². The third kappa shape index (κ3) is 4.35. The highest BCUT2D eigenvalue weighted by molar-refractivity contribution is 5.94. The number of hydrogen-bond acceptors (Lipinski definition) is 5. The lowest BCUT2D eigenvalue weighted by atomic mass is 9.87. The van der Waals surface area contributed by atoms with E-state index in [1.54, 1.807) is 36.2 Å². The molecule has 1 fully saturated rings. The van der Waals surface area contributed by atoms with E-state index < -0.39 is 29.8 Å². The molecule has 7 nitrogen and oxygen atoms in total. The number of nitrogens with one attached hydrogen (secondary N) is 1. The van der Waals surface area contributed by atoms with Gasteiger partial charge in [0.25, 0.3) is 11.5 Å². The summed E-state index contributed by atoms with van der Waals surface area (Å²) in [6, 6.07) is 8.11. The van der Waals surface area contributed by atoms with Crippen LogP contribution in [0.4, 0.5) is 20.3 Å². The van der Waals surface area contributed by atoms with Gasteiger partial charge >= 0.3 is 5.97 Å². The zero-order valence-corrected chi connectivity index (χ0v) is 20.5. The molecule has 2 aromatic heterocycles. The van der Waals surface area contributed by atoms with Gasteiger partial charge in [-0.2, -0.15) is 0 Å². The molecule has 1 aliphatic heterocycles. The van der Waals surface area contributed by atoms with Crippen molar-refractivity contribution in [2.24, 2.45) is 11.8 Å². The molecule has 186 valence electrons. The van der Waals surface area contributed by atoms with Gasteiger partial charge in [0, 0.05) is 42.4 Å². The van der Waals surface area contributed by atoms with E-state index in [0.717, 1.165) is 5.56 Å². The minimum atomic E-state index is -2.78. The fourth-order valence-corrected chi connectivity index (χ4v) is 4.86. The van der Waals surface area contributed by atoms with Crippen LogP contribution in [0.25, 0.3) is 5.65 Å². The number of piperidine rings is 1. The van der Waals surface area contributed by atoms with Crippen LogP contribution in [0.3, 0.4) is 0 Å². The van der Waals surface area contributed by atoms with Gasteiger partial charge in [0.1, 0.15) is 11.5 Å². The fourth-order valence-electron chi connectivity index (χ4n) is 4.86. The smallest absolute Gasteiger partial charge is 0.337 e. The normalized spacial score (nSPS) is 20.6. The molecule has 2 N–H and O–H groups in total. The van der Waals surface area contributed by atoms with Crippen LogP contribution in [-0.4, -0.2) is 39.5 Å². The number of carboxylic acids is 1. The molecule has 0 bridgehead atoms. The topological polar surface area (TPSA) is 86.9 Å². The Balaban J connectivity index is 1.82. The lowest BCUT2D eigenvalue weighted by Crippen LogP contribution is -2.52. The first-order valence-electron chi connectivity index (χ1n) is 11.7. The summed E-state index contributed by atoms with van der Waals surface area (Å²) in [5.74, 6) is -5.18. The molecule has 3 atom stereocenters. The molecule has 3 aromatic rings. The molecule has 0 radical (unpaired) electrons. The largest absolute Gasteiger partial charge is 0.478 e. The zero-order valence-electron chi connectivity index (χ0n) is 20.5. The Kier molecular flexibility index (Phi) is 6.29. The molecule has 1 aromatic carbocycles. The van der Waals surface area contributed by atoms with Crippen molar-refractivity contribution >= 4 is 23.1 Å². The Morgan fingerprint density at radius 2 is 1.83 bits per heavy atom. The van der Waals surface area contributed by atoms with Gasteiger partial charge in [-0.3, -0.25) is 9.20 Å². The molecule has 1 aliphatic rings. The molecule has 9 heteroatoms. The van der Waals surface area contributed by atoms with Gasteiger partial charge < -0.3 is 15.3 Å². The summed E-state index contributed by atoms with van der Waals surface area (Å²) in [7, 11) is 0. The van der Waals surface area contributed by atoms with Crippen molar-refractivity contribution in [3.05, 3.63) is 69.1 Å². The molecule has 0 spiro atoms. The summed E-state index contributed by atoms with van der Waals surface area (Å²) in [4.78, 5) is 31.6. The molecule has 0 saturated carbocycles. The lowest BCUT2D eigenvalue weighted by Gasteiger charge is -2.42. The number of pyridine rings is 1. The molecule has 35 heavy (non-hydrogen) atoms. The lowest BCUT2D eigenvalue weighted by molar-refractivity contribution is -0.105. The van der Waals surface area contributed by atoms with Crippen LogP contribution in [0.15, 0.2) is 41.3 Å². The van der Waals surface area contributed by atoms with Gasteiger partial charge in [-0.25, -0.2) is 18.6 Å². The Bertz CT molecular complexity index is 1340. The number of para-hydroxylation sites is 1. The van der Waals surface area contributed by atoms with Crippen LogP contribution < -0.4 is 15.8 Å². The van der Waals surface area contributed by atoms with Crippen molar-refractivity contribution in [1.29, 1.82) is 0 Å². The summed E-state index contributed by atoms with van der Waals surface area (Å²) >= 11 is 0. The van der Waals surface area contributed by atoms with E-state index >= 15 is 0 Å². The van der Waals surface area contributed by atoms with Crippen molar-refractivity contribution in [2.45, 2.75) is 46.6 Å². The second-order valence-electron chi connectivity index (χ2n) is 9.63. The number of benzene rings is 1.